The number of ether oxygens (including phenoxy) is 2. The lowest BCUT2D eigenvalue weighted by Crippen LogP contribution is -2.60. The van der Waals surface area contributed by atoms with Crippen LogP contribution in [0.25, 0.3) is 0 Å². The minimum absolute atomic E-state index is 0.0146. The molecule has 3 unspecified atom stereocenters. The molecule has 9 heteroatoms. The summed E-state index contributed by atoms with van der Waals surface area (Å²) in [6.07, 6.45) is 8.37. The number of benzene rings is 2. The van der Waals surface area contributed by atoms with Crippen LogP contribution < -0.4 is 15.4 Å². The first-order valence-electron chi connectivity index (χ1n) is 15.4. The van der Waals surface area contributed by atoms with Crippen LogP contribution in [0.15, 0.2) is 78.0 Å². The van der Waals surface area contributed by atoms with E-state index in [-0.39, 0.29) is 30.4 Å². The Morgan fingerprint density at radius 2 is 1.67 bits per heavy atom. The van der Waals surface area contributed by atoms with Gasteiger partial charge in [0.05, 0.1) is 18.8 Å². The molecule has 4 bridgehead atoms. The van der Waals surface area contributed by atoms with Crippen molar-refractivity contribution in [1.29, 1.82) is 0 Å². The van der Waals surface area contributed by atoms with Gasteiger partial charge in [0.1, 0.15) is 0 Å². The third kappa shape index (κ3) is 6.41. The second-order valence-corrected chi connectivity index (χ2v) is 14.0. The van der Waals surface area contributed by atoms with Crippen LogP contribution in [0.1, 0.15) is 74.0 Å². The number of anilines is 1. The van der Waals surface area contributed by atoms with Crippen LogP contribution in [0.2, 0.25) is 0 Å². The number of carbonyl (C=O) groups is 1. The Morgan fingerprint density at radius 3 is 2.37 bits per heavy atom. The van der Waals surface area contributed by atoms with Crippen LogP contribution in [0.4, 0.5) is 10.5 Å². The zero-order chi connectivity index (χ0) is 29.4. The zero-order valence-corrected chi connectivity index (χ0v) is 25.0. The average molecular weight is 602 g/mol. The van der Waals surface area contributed by atoms with E-state index in [0.717, 1.165) is 58.4 Å². The van der Waals surface area contributed by atoms with E-state index in [1.807, 2.05) is 60.7 Å². The highest BCUT2D eigenvalue weighted by Crippen LogP contribution is 2.55. The van der Waals surface area contributed by atoms with Gasteiger partial charge in [-0.05, 0) is 85.6 Å². The van der Waals surface area contributed by atoms with E-state index in [4.69, 9.17) is 9.47 Å². The molecule has 5 fully saturated rings. The van der Waals surface area contributed by atoms with Crippen LogP contribution in [0, 0.1) is 23.0 Å². The number of nitrogens with one attached hydrogen (secondary N) is 2. The highest BCUT2D eigenvalue weighted by molar-refractivity contribution is 7.99. The normalized spacial score (nSPS) is 31.1. The van der Waals surface area contributed by atoms with E-state index in [9.17, 15) is 15.1 Å². The number of urea groups is 1. The fourth-order valence-electron chi connectivity index (χ4n) is 8.16. The minimum Gasteiger partial charge on any atom is -0.618 e. The summed E-state index contributed by atoms with van der Waals surface area (Å²) in [6, 6.07) is 20.7. The largest absolute Gasteiger partial charge is 0.618 e. The molecule has 8 nitrogen and oxygen atoms in total. The first-order chi connectivity index (χ1) is 20.9. The second kappa shape index (κ2) is 12.1. The van der Waals surface area contributed by atoms with Crippen molar-refractivity contribution in [3.63, 3.8) is 0 Å². The third-order valence-corrected chi connectivity index (χ3v) is 10.8. The average Bonchev–Trinajstić information content (AvgIpc) is 3.00. The molecule has 226 valence electrons. The molecule has 1 aliphatic heterocycles. The van der Waals surface area contributed by atoms with Crippen LogP contribution in [-0.2, 0) is 16.1 Å². The molecule has 3 aromatic rings. The van der Waals surface area contributed by atoms with Crippen molar-refractivity contribution in [2.24, 2.45) is 17.8 Å². The topological polar surface area (TPSA) is 107 Å². The Bertz CT molecular complexity index is 1410. The first-order valence-corrected chi connectivity index (χ1v) is 16.4. The summed E-state index contributed by atoms with van der Waals surface area (Å²) >= 11 is 1.46. The van der Waals surface area contributed by atoms with Gasteiger partial charge in [0.15, 0.2) is 12.5 Å². The summed E-state index contributed by atoms with van der Waals surface area (Å²) in [5, 5.41) is 28.8. The van der Waals surface area contributed by atoms with Crippen molar-refractivity contribution in [2.75, 3.05) is 11.1 Å². The van der Waals surface area contributed by atoms with Crippen LogP contribution >= 0.6 is 11.8 Å². The fourth-order valence-corrected chi connectivity index (χ4v) is 9.09. The number of nitrogens with zero attached hydrogens (tertiary/aromatic N) is 1. The van der Waals surface area contributed by atoms with E-state index >= 15 is 0 Å². The van der Waals surface area contributed by atoms with Crippen molar-refractivity contribution < 1.29 is 24.1 Å². The monoisotopic (exact) mass is 601 g/mol. The third-order valence-electron chi connectivity index (χ3n) is 9.65. The van der Waals surface area contributed by atoms with Crippen molar-refractivity contribution in [3.05, 3.63) is 94.8 Å². The number of carbonyl (C=O) groups excluding carboxylic acids is 1. The Kier molecular flexibility index (Phi) is 8.07. The quantitative estimate of drug-likeness (QED) is 0.160. The summed E-state index contributed by atoms with van der Waals surface area (Å²) < 4.78 is 13.8. The lowest BCUT2D eigenvalue weighted by atomic mass is 9.53. The Balaban J connectivity index is 1.06. The van der Waals surface area contributed by atoms with Crippen LogP contribution in [0.3, 0.4) is 0 Å². The summed E-state index contributed by atoms with van der Waals surface area (Å²) in [5.74, 6) is 2.86. The highest BCUT2D eigenvalue weighted by atomic mass is 32.2. The van der Waals surface area contributed by atoms with Gasteiger partial charge in [0.25, 0.3) is 5.03 Å². The van der Waals surface area contributed by atoms with Gasteiger partial charge >= 0.3 is 6.03 Å². The van der Waals surface area contributed by atoms with Gasteiger partial charge in [0.2, 0.25) is 0 Å². The van der Waals surface area contributed by atoms with Crippen LogP contribution in [-0.4, -0.2) is 28.5 Å². The van der Waals surface area contributed by atoms with E-state index < -0.39 is 6.29 Å². The lowest BCUT2D eigenvalue weighted by molar-refractivity contribution is -0.645. The zero-order valence-electron chi connectivity index (χ0n) is 24.2. The van der Waals surface area contributed by atoms with Gasteiger partial charge in [-0.15, -0.1) is 0 Å². The number of aromatic nitrogens is 1. The van der Waals surface area contributed by atoms with E-state index in [2.05, 4.69) is 10.6 Å². The molecular formula is C34H39N3O5S. The summed E-state index contributed by atoms with van der Waals surface area (Å²) in [7, 11) is 0. The number of pyridine rings is 1. The van der Waals surface area contributed by atoms with Gasteiger partial charge in [-0.2, -0.15) is 4.73 Å². The van der Waals surface area contributed by atoms with Gasteiger partial charge in [0, 0.05) is 41.1 Å². The lowest BCUT2D eigenvalue weighted by Gasteiger charge is -2.56. The molecule has 5 aliphatic rings. The molecule has 8 rings (SSSR count). The number of aliphatic hydroxyl groups is 1. The molecule has 2 heterocycles. The molecular weight excluding hydrogens is 562 g/mol. The van der Waals surface area contributed by atoms with Gasteiger partial charge in [-0.3, -0.25) is 0 Å². The molecule has 1 saturated heterocycles. The molecule has 3 atom stereocenters. The van der Waals surface area contributed by atoms with Crippen molar-refractivity contribution in [3.8, 4) is 0 Å². The summed E-state index contributed by atoms with van der Waals surface area (Å²) in [6.45, 7) is -0.0146. The maximum Gasteiger partial charge on any atom is 0.319 e. The smallest absolute Gasteiger partial charge is 0.319 e. The Morgan fingerprint density at radius 1 is 0.930 bits per heavy atom. The number of amides is 2. The molecule has 2 amide bonds. The summed E-state index contributed by atoms with van der Waals surface area (Å²) in [4.78, 5) is 13.2. The Labute approximate surface area is 256 Å². The standard InChI is InChI=1S/C34H39N3O5S/c38-20-22-7-9-26(10-8-22)30-16-29(21-43-31-6-1-2-11-37(31)40)41-32(42-30)27-4-3-5-28(15-27)35-33(39)36-34-17-23-12-24(18-34)14-25(13-23)19-34/h1-11,15,23-25,29-30,32,38H,12-14,16-21H2,(H2,35,36,39). The maximum atomic E-state index is 13.2. The van der Waals surface area contributed by atoms with E-state index in [0.29, 0.717) is 22.9 Å². The molecule has 1 aromatic heterocycles. The number of hydrogen-bond donors (Lipinski definition) is 3. The van der Waals surface area contributed by atoms with Gasteiger partial charge in [-0.25, -0.2) is 4.79 Å². The molecule has 4 saturated carbocycles. The molecule has 0 radical (unpaired) electrons. The van der Waals surface area contributed by atoms with Crippen LogP contribution in [0.5, 0.6) is 0 Å². The SMILES string of the molecule is O=C(Nc1cccc(C2OC(CSc3cccc[n+]3[O-])CC(c3ccc(CO)cc3)O2)c1)NC12CC3CC(CC(C3)C1)C2. The predicted molar refractivity (Wildman–Crippen MR) is 164 cm³/mol. The minimum atomic E-state index is -0.648. The molecule has 2 aromatic carbocycles. The van der Waals surface area contributed by atoms with E-state index in [1.165, 1.54) is 37.2 Å². The van der Waals surface area contributed by atoms with E-state index in [1.54, 1.807) is 6.07 Å². The summed E-state index contributed by atoms with van der Waals surface area (Å²) in [5.41, 5.74) is 3.30. The number of hydrogen-bond acceptors (Lipinski definition) is 6. The Hall–Kier alpha value is -3.11. The number of aliphatic hydroxyl groups excluding tert-OH is 1. The maximum absolute atomic E-state index is 13.2. The highest BCUT2D eigenvalue weighted by Gasteiger charge is 2.51. The number of thioether (sulfide) groups is 1. The van der Waals surface area contributed by atoms with Crippen molar-refractivity contribution >= 4 is 23.5 Å². The predicted octanol–water partition coefficient (Wildman–Crippen LogP) is 6.24. The fraction of sp³-hybridized carbons (Fsp3) is 0.471. The molecule has 43 heavy (non-hydrogen) atoms. The van der Waals surface area contributed by atoms with Gasteiger partial charge in [-0.1, -0.05) is 48.2 Å². The first kappa shape index (κ1) is 28.6. The molecule has 0 spiro atoms. The van der Waals surface area contributed by atoms with Crippen molar-refractivity contribution in [1.82, 2.24) is 5.32 Å². The number of rotatable bonds is 8. The molecule has 3 N–H and O–H groups in total. The second-order valence-electron chi connectivity index (χ2n) is 12.9. The van der Waals surface area contributed by atoms with Gasteiger partial charge < -0.3 is 30.4 Å². The molecule has 4 aliphatic carbocycles. The van der Waals surface area contributed by atoms with Crippen molar-refractivity contribution in [2.45, 2.75) is 80.6 Å².